The molecule has 1 aromatic carbocycles. The number of benzene rings is 1. The van der Waals surface area contributed by atoms with Crippen molar-refractivity contribution in [2.45, 2.75) is 26.8 Å². The largest absolute Gasteiger partial charge is 0.323 e. The molecule has 0 amide bonds. The van der Waals surface area contributed by atoms with Gasteiger partial charge in [0, 0.05) is 12.6 Å². The second-order valence-electron chi connectivity index (χ2n) is 4.90. The zero-order valence-electron chi connectivity index (χ0n) is 10.6. The lowest BCUT2D eigenvalue weighted by Gasteiger charge is -2.18. The molecule has 16 heavy (non-hydrogen) atoms. The number of hydrogen-bond acceptors (Lipinski definition) is 2. The van der Waals surface area contributed by atoms with E-state index in [0.29, 0.717) is 5.92 Å². The highest BCUT2D eigenvalue weighted by Gasteiger charge is 2.08. The van der Waals surface area contributed by atoms with Gasteiger partial charge < -0.3 is 11.1 Å². The quantitative estimate of drug-likeness (QED) is 0.773. The summed E-state index contributed by atoms with van der Waals surface area (Å²) in [5, 5.41) is 3.44. The fourth-order valence-corrected chi connectivity index (χ4v) is 1.52. The van der Waals surface area contributed by atoms with Crippen LogP contribution in [-0.4, -0.2) is 13.1 Å². The van der Waals surface area contributed by atoms with Crippen LogP contribution >= 0.6 is 0 Å². The Hall–Kier alpha value is -0.860. The Balaban J connectivity index is 2.28. The third kappa shape index (κ3) is 4.33. The molecule has 90 valence electrons. The van der Waals surface area contributed by atoms with Gasteiger partial charge in [0.25, 0.3) is 0 Å². The fraction of sp³-hybridized carbons (Fsp3) is 0.571. The summed E-state index contributed by atoms with van der Waals surface area (Å²) < 4.78 is 0. The molecule has 0 aliphatic carbocycles. The van der Waals surface area contributed by atoms with Crippen molar-refractivity contribution in [3.63, 3.8) is 0 Å². The molecule has 1 aromatic rings. The first-order chi connectivity index (χ1) is 7.61. The van der Waals surface area contributed by atoms with E-state index in [9.17, 15) is 0 Å². The van der Waals surface area contributed by atoms with Crippen LogP contribution in [0.3, 0.4) is 0 Å². The van der Waals surface area contributed by atoms with E-state index >= 15 is 0 Å². The Bertz CT molecular complexity index is 282. The molecule has 0 heterocycles. The van der Waals surface area contributed by atoms with E-state index in [-0.39, 0.29) is 6.04 Å². The van der Waals surface area contributed by atoms with E-state index in [1.165, 1.54) is 5.56 Å². The summed E-state index contributed by atoms with van der Waals surface area (Å²) in [6, 6.07) is 10.3. The first-order valence-corrected chi connectivity index (χ1v) is 6.12. The van der Waals surface area contributed by atoms with E-state index in [1.807, 2.05) is 18.2 Å². The molecule has 0 saturated heterocycles. The molecule has 0 fully saturated rings. The third-order valence-electron chi connectivity index (χ3n) is 3.20. The normalized spacial score (nSPS) is 15.1. The van der Waals surface area contributed by atoms with Crippen molar-refractivity contribution in [1.82, 2.24) is 5.32 Å². The minimum Gasteiger partial charge on any atom is -0.323 e. The van der Waals surface area contributed by atoms with Gasteiger partial charge in [0.1, 0.15) is 0 Å². The lowest BCUT2D eigenvalue weighted by Crippen LogP contribution is -2.31. The van der Waals surface area contributed by atoms with Gasteiger partial charge in [-0.05, 0) is 23.9 Å². The lowest BCUT2D eigenvalue weighted by atomic mass is 9.98. The Morgan fingerprint density at radius 2 is 1.69 bits per heavy atom. The lowest BCUT2D eigenvalue weighted by molar-refractivity contribution is 0.388. The zero-order chi connectivity index (χ0) is 12.0. The summed E-state index contributed by atoms with van der Waals surface area (Å²) >= 11 is 0. The number of hydrogen-bond donors (Lipinski definition) is 2. The molecule has 0 bridgehead atoms. The van der Waals surface area contributed by atoms with Crippen molar-refractivity contribution in [1.29, 1.82) is 0 Å². The molecular formula is C14H24N2. The molecule has 0 spiro atoms. The summed E-state index contributed by atoms with van der Waals surface area (Å²) in [5.41, 5.74) is 7.30. The number of nitrogens with two attached hydrogens (primary N) is 1. The Kier molecular flexibility index (Phi) is 5.50. The van der Waals surface area contributed by atoms with Crippen molar-refractivity contribution < 1.29 is 0 Å². The predicted molar refractivity (Wildman–Crippen MR) is 70.2 cm³/mol. The van der Waals surface area contributed by atoms with Crippen LogP contribution in [0.4, 0.5) is 0 Å². The molecule has 0 aromatic heterocycles. The average Bonchev–Trinajstić information content (AvgIpc) is 2.29. The van der Waals surface area contributed by atoms with Crippen molar-refractivity contribution in [2.75, 3.05) is 13.1 Å². The van der Waals surface area contributed by atoms with Crippen LogP contribution in [0, 0.1) is 11.8 Å². The Labute approximate surface area is 99.2 Å². The van der Waals surface area contributed by atoms with E-state index < -0.39 is 0 Å². The average molecular weight is 220 g/mol. The predicted octanol–water partition coefficient (Wildman–Crippen LogP) is 2.57. The summed E-state index contributed by atoms with van der Waals surface area (Å²) in [6.07, 6.45) is 0. The van der Waals surface area contributed by atoms with Crippen LogP contribution < -0.4 is 11.1 Å². The zero-order valence-corrected chi connectivity index (χ0v) is 10.6. The van der Waals surface area contributed by atoms with Gasteiger partial charge in [-0.15, -0.1) is 0 Å². The Morgan fingerprint density at radius 1 is 1.06 bits per heavy atom. The molecule has 0 saturated carbocycles. The molecule has 2 heteroatoms. The first kappa shape index (κ1) is 13.2. The van der Waals surface area contributed by atoms with Crippen molar-refractivity contribution in [2.24, 2.45) is 17.6 Å². The standard InChI is InChI=1S/C14H24N2/c1-11(2)12(3)9-16-10-14(15)13-7-5-4-6-8-13/h4-8,11-12,14,16H,9-10,15H2,1-3H3. The minimum atomic E-state index is 0.0977. The van der Waals surface area contributed by atoms with Crippen LogP contribution in [0.1, 0.15) is 32.4 Å². The molecule has 0 radical (unpaired) electrons. The van der Waals surface area contributed by atoms with E-state index in [2.05, 4.69) is 38.2 Å². The van der Waals surface area contributed by atoms with E-state index in [4.69, 9.17) is 5.73 Å². The van der Waals surface area contributed by atoms with Gasteiger partial charge in [-0.1, -0.05) is 51.1 Å². The molecular weight excluding hydrogens is 196 g/mol. The first-order valence-electron chi connectivity index (χ1n) is 6.12. The second kappa shape index (κ2) is 6.66. The van der Waals surface area contributed by atoms with Gasteiger partial charge in [0.05, 0.1) is 0 Å². The minimum absolute atomic E-state index is 0.0977. The van der Waals surface area contributed by atoms with Crippen LogP contribution in [0.2, 0.25) is 0 Å². The maximum absolute atomic E-state index is 6.09. The smallest absolute Gasteiger partial charge is 0.0421 e. The van der Waals surface area contributed by atoms with Gasteiger partial charge in [-0.25, -0.2) is 0 Å². The molecule has 3 N–H and O–H groups in total. The third-order valence-corrected chi connectivity index (χ3v) is 3.20. The summed E-state index contributed by atoms with van der Waals surface area (Å²) in [4.78, 5) is 0. The summed E-state index contributed by atoms with van der Waals surface area (Å²) in [7, 11) is 0. The molecule has 2 atom stereocenters. The summed E-state index contributed by atoms with van der Waals surface area (Å²) in [5.74, 6) is 1.42. The van der Waals surface area contributed by atoms with Crippen LogP contribution in [0.15, 0.2) is 30.3 Å². The van der Waals surface area contributed by atoms with Crippen molar-refractivity contribution >= 4 is 0 Å². The molecule has 0 aliphatic rings. The van der Waals surface area contributed by atoms with Crippen molar-refractivity contribution in [3.05, 3.63) is 35.9 Å². The van der Waals surface area contributed by atoms with E-state index in [1.54, 1.807) is 0 Å². The van der Waals surface area contributed by atoms with Crippen molar-refractivity contribution in [3.8, 4) is 0 Å². The fourth-order valence-electron chi connectivity index (χ4n) is 1.52. The summed E-state index contributed by atoms with van der Waals surface area (Å²) in [6.45, 7) is 8.66. The molecule has 0 aliphatic heterocycles. The SMILES string of the molecule is CC(C)C(C)CNCC(N)c1ccccc1. The van der Waals surface area contributed by atoms with Gasteiger partial charge in [0.15, 0.2) is 0 Å². The number of rotatable bonds is 6. The van der Waals surface area contributed by atoms with Gasteiger partial charge in [-0.3, -0.25) is 0 Å². The second-order valence-corrected chi connectivity index (χ2v) is 4.90. The molecule has 2 nitrogen and oxygen atoms in total. The van der Waals surface area contributed by atoms with Gasteiger partial charge in [-0.2, -0.15) is 0 Å². The molecule has 1 rings (SSSR count). The van der Waals surface area contributed by atoms with Gasteiger partial charge in [0.2, 0.25) is 0 Å². The monoisotopic (exact) mass is 220 g/mol. The van der Waals surface area contributed by atoms with Crippen LogP contribution in [-0.2, 0) is 0 Å². The highest BCUT2D eigenvalue weighted by molar-refractivity contribution is 5.18. The van der Waals surface area contributed by atoms with Gasteiger partial charge >= 0.3 is 0 Å². The van der Waals surface area contributed by atoms with E-state index in [0.717, 1.165) is 19.0 Å². The maximum Gasteiger partial charge on any atom is 0.0421 e. The highest BCUT2D eigenvalue weighted by atomic mass is 14.9. The molecule has 2 unspecified atom stereocenters. The van der Waals surface area contributed by atoms with Crippen LogP contribution in [0.25, 0.3) is 0 Å². The van der Waals surface area contributed by atoms with Crippen LogP contribution in [0.5, 0.6) is 0 Å². The topological polar surface area (TPSA) is 38.0 Å². The number of nitrogens with one attached hydrogen (secondary N) is 1. The maximum atomic E-state index is 6.09. The highest BCUT2D eigenvalue weighted by Crippen LogP contribution is 2.10. The Morgan fingerprint density at radius 3 is 2.25 bits per heavy atom.